The van der Waals surface area contributed by atoms with Crippen LogP contribution in [0.3, 0.4) is 0 Å². The van der Waals surface area contributed by atoms with E-state index in [9.17, 15) is 9.18 Å². The van der Waals surface area contributed by atoms with E-state index < -0.39 is 5.82 Å². The van der Waals surface area contributed by atoms with Crippen molar-refractivity contribution < 1.29 is 13.9 Å². The highest BCUT2D eigenvalue weighted by Gasteiger charge is 2.36. The van der Waals surface area contributed by atoms with Gasteiger partial charge in [-0.15, -0.1) is 0 Å². The highest BCUT2D eigenvalue weighted by molar-refractivity contribution is 6.03. The zero-order valence-corrected chi connectivity index (χ0v) is 18.5. The second-order valence-corrected chi connectivity index (χ2v) is 8.72. The summed E-state index contributed by atoms with van der Waals surface area (Å²) in [4.78, 5) is 27.3. The molecule has 32 heavy (non-hydrogen) atoms. The number of carbonyl (C=O) groups excluding carboxylic acids is 1. The lowest BCUT2D eigenvalue weighted by Gasteiger charge is -2.38. The molecule has 1 aliphatic carbocycles. The van der Waals surface area contributed by atoms with Crippen LogP contribution < -0.4 is 20.3 Å². The largest absolute Gasteiger partial charge is 0.492 e. The molecule has 1 saturated carbocycles. The molecule has 168 valence electrons. The Labute approximate surface area is 186 Å². The fourth-order valence-corrected chi connectivity index (χ4v) is 4.25. The quantitative estimate of drug-likeness (QED) is 0.706. The summed E-state index contributed by atoms with van der Waals surface area (Å²) in [6.45, 7) is 6.33. The number of amides is 1. The molecule has 2 aromatic rings. The fraction of sp³-hybridized carbons (Fsp3) is 0.500. The number of nitriles is 1. The van der Waals surface area contributed by atoms with Crippen molar-refractivity contribution in [1.82, 2.24) is 15.0 Å². The van der Waals surface area contributed by atoms with E-state index in [1.54, 1.807) is 6.07 Å². The third kappa shape index (κ3) is 4.15. The summed E-state index contributed by atoms with van der Waals surface area (Å²) in [5, 5.41) is 15.1. The molecule has 2 aliphatic rings. The minimum Gasteiger partial charge on any atom is -0.492 e. The summed E-state index contributed by atoms with van der Waals surface area (Å²) in [6.07, 6.45) is 3.10. The maximum Gasteiger partial charge on any atom is 0.247 e. The van der Waals surface area contributed by atoms with Gasteiger partial charge in [0.05, 0.1) is 18.5 Å². The molecule has 0 radical (unpaired) electrons. The van der Waals surface area contributed by atoms with Crippen LogP contribution in [-0.4, -0.2) is 46.6 Å². The van der Waals surface area contributed by atoms with Crippen molar-refractivity contribution in [3.8, 4) is 11.8 Å². The molecule has 2 N–H and O–H groups in total. The van der Waals surface area contributed by atoms with Crippen LogP contribution in [0.25, 0.3) is 0 Å². The van der Waals surface area contributed by atoms with Gasteiger partial charge in [-0.25, -0.2) is 14.4 Å². The third-order valence-corrected chi connectivity index (χ3v) is 5.95. The van der Waals surface area contributed by atoms with Crippen molar-refractivity contribution in [1.29, 1.82) is 5.26 Å². The van der Waals surface area contributed by atoms with Crippen LogP contribution in [0.4, 0.5) is 21.8 Å². The van der Waals surface area contributed by atoms with Gasteiger partial charge in [0.1, 0.15) is 23.5 Å². The second kappa shape index (κ2) is 8.57. The van der Waals surface area contributed by atoms with Crippen molar-refractivity contribution in [2.45, 2.75) is 45.7 Å². The average Bonchev–Trinajstić information content (AvgIpc) is 2.70. The maximum absolute atomic E-state index is 13.6. The molecule has 1 unspecified atom stereocenters. The Bertz CT molecular complexity index is 1080. The molecule has 2 aromatic heterocycles. The van der Waals surface area contributed by atoms with E-state index >= 15 is 0 Å². The molecule has 1 atom stereocenters. The summed E-state index contributed by atoms with van der Waals surface area (Å²) in [5.41, 5.74) is 1.13. The number of ether oxygens (including phenoxy) is 1. The number of aromatic nitrogens is 3. The monoisotopic (exact) mass is 439 g/mol. The number of nitrogens with one attached hydrogen (secondary N) is 2. The van der Waals surface area contributed by atoms with Crippen LogP contribution in [-0.2, 0) is 4.79 Å². The van der Waals surface area contributed by atoms with E-state index in [1.807, 2.05) is 32.7 Å². The predicted molar refractivity (Wildman–Crippen MR) is 117 cm³/mol. The van der Waals surface area contributed by atoms with E-state index in [-0.39, 0.29) is 29.6 Å². The lowest BCUT2D eigenvalue weighted by Crippen LogP contribution is -2.50. The van der Waals surface area contributed by atoms with Gasteiger partial charge in [0.2, 0.25) is 11.9 Å². The Balaban J connectivity index is 1.35. The van der Waals surface area contributed by atoms with Gasteiger partial charge in [-0.1, -0.05) is 13.8 Å². The average molecular weight is 439 g/mol. The van der Waals surface area contributed by atoms with E-state index in [1.165, 1.54) is 12.3 Å². The van der Waals surface area contributed by atoms with Crippen molar-refractivity contribution in [3.63, 3.8) is 0 Å². The topological polar surface area (TPSA) is 116 Å². The number of rotatable bonds is 6. The number of halogens is 1. The van der Waals surface area contributed by atoms with Gasteiger partial charge >= 0.3 is 0 Å². The maximum atomic E-state index is 13.6. The highest BCUT2D eigenvalue weighted by atomic mass is 19.1. The third-order valence-electron chi connectivity index (χ3n) is 5.95. The molecule has 1 fully saturated rings. The molecule has 4 rings (SSSR count). The number of hydrogen-bond acceptors (Lipinski definition) is 8. The molecule has 0 aromatic carbocycles. The summed E-state index contributed by atoms with van der Waals surface area (Å²) < 4.78 is 19.3. The first-order valence-electron chi connectivity index (χ1n) is 10.6. The molecular formula is C22H26FN7O2. The number of pyridine rings is 1. The molecule has 1 amide bonds. The fourth-order valence-electron chi connectivity index (χ4n) is 4.25. The Kier molecular flexibility index (Phi) is 5.82. The summed E-state index contributed by atoms with van der Waals surface area (Å²) in [5.74, 6) is 1.31. The molecule has 0 saturated heterocycles. The van der Waals surface area contributed by atoms with Gasteiger partial charge < -0.3 is 20.3 Å². The summed E-state index contributed by atoms with van der Waals surface area (Å²) in [6, 6.07) is 2.80. The van der Waals surface area contributed by atoms with Crippen LogP contribution in [0.5, 0.6) is 5.75 Å². The number of likely N-dealkylation sites (N-methyl/N-ethyl adjacent to an activating group) is 1. The normalized spacial score (nSPS) is 22.0. The standard InChI is InChI=1S/C22H26FN7O2/c1-11(2)19-21(31)28-18-12(3)26-22(29-20(18)30(19)4)27-14-5-13(6-14)10-32-15-7-16(23)17(8-24)25-9-15/h7,9,11,13-14,19H,5-6,10H2,1-4H3,(H,28,31)(H,26,27,29). The van der Waals surface area contributed by atoms with Gasteiger partial charge in [0.25, 0.3) is 0 Å². The van der Waals surface area contributed by atoms with Crippen LogP contribution in [0.1, 0.15) is 38.1 Å². The number of hydrogen-bond donors (Lipinski definition) is 2. The Morgan fingerprint density at radius 3 is 2.81 bits per heavy atom. The molecule has 10 heteroatoms. The lowest BCUT2D eigenvalue weighted by atomic mass is 9.81. The van der Waals surface area contributed by atoms with E-state index in [2.05, 4.69) is 25.6 Å². The van der Waals surface area contributed by atoms with Gasteiger partial charge in [0.15, 0.2) is 17.3 Å². The van der Waals surface area contributed by atoms with Crippen molar-refractivity contribution in [2.75, 3.05) is 29.2 Å². The highest BCUT2D eigenvalue weighted by Crippen LogP contribution is 2.35. The van der Waals surface area contributed by atoms with Gasteiger partial charge in [0, 0.05) is 19.2 Å². The molecular weight excluding hydrogens is 413 g/mol. The first-order chi connectivity index (χ1) is 15.3. The minimum atomic E-state index is -0.682. The minimum absolute atomic E-state index is 0.0402. The first-order valence-corrected chi connectivity index (χ1v) is 10.6. The molecule has 0 bridgehead atoms. The molecule has 0 spiro atoms. The number of fused-ring (bicyclic) bond motifs is 1. The molecule has 3 heterocycles. The first kappa shape index (κ1) is 21.7. The Hall–Kier alpha value is -3.48. The summed E-state index contributed by atoms with van der Waals surface area (Å²) >= 11 is 0. The zero-order chi connectivity index (χ0) is 23.0. The zero-order valence-electron chi connectivity index (χ0n) is 18.5. The number of carbonyl (C=O) groups is 1. The van der Waals surface area contributed by atoms with E-state index in [4.69, 9.17) is 10.00 Å². The van der Waals surface area contributed by atoms with Crippen molar-refractivity contribution in [3.05, 3.63) is 29.5 Å². The van der Waals surface area contributed by atoms with E-state index in [0.29, 0.717) is 35.7 Å². The number of anilines is 3. The van der Waals surface area contributed by atoms with Crippen LogP contribution in [0, 0.1) is 35.9 Å². The predicted octanol–water partition coefficient (Wildman–Crippen LogP) is 2.87. The molecule has 1 aliphatic heterocycles. The lowest BCUT2D eigenvalue weighted by molar-refractivity contribution is -0.118. The van der Waals surface area contributed by atoms with Gasteiger partial charge in [-0.2, -0.15) is 10.2 Å². The van der Waals surface area contributed by atoms with Crippen molar-refractivity contribution >= 4 is 23.4 Å². The second-order valence-electron chi connectivity index (χ2n) is 8.72. The Morgan fingerprint density at radius 1 is 1.41 bits per heavy atom. The SMILES string of the molecule is Cc1nc(NC2CC(COc3cnc(C#N)c(F)c3)C2)nc2c1NC(=O)C(C(C)C)N2C. The van der Waals surface area contributed by atoms with Crippen LogP contribution >= 0.6 is 0 Å². The van der Waals surface area contributed by atoms with Crippen molar-refractivity contribution in [2.24, 2.45) is 11.8 Å². The van der Waals surface area contributed by atoms with Crippen LogP contribution in [0.2, 0.25) is 0 Å². The Morgan fingerprint density at radius 2 is 2.16 bits per heavy atom. The van der Waals surface area contributed by atoms with Gasteiger partial charge in [-0.3, -0.25) is 4.79 Å². The summed E-state index contributed by atoms with van der Waals surface area (Å²) in [7, 11) is 1.88. The van der Waals surface area contributed by atoms with Crippen LogP contribution in [0.15, 0.2) is 12.3 Å². The number of nitrogens with zero attached hydrogens (tertiary/aromatic N) is 5. The number of aryl methyl sites for hydroxylation is 1. The molecule has 9 nitrogen and oxygen atoms in total. The van der Waals surface area contributed by atoms with Gasteiger partial charge in [-0.05, 0) is 31.6 Å². The van der Waals surface area contributed by atoms with E-state index in [0.717, 1.165) is 18.5 Å². The smallest absolute Gasteiger partial charge is 0.247 e.